The minimum atomic E-state index is -0.462. The van der Waals surface area contributed by atoms with Crippen molar-refractivity contribution in [1.29, 1.82) is 0 Å². The lowest BCUT2D eigenvalue weighted by Crippen LogP contribution is -2.27. The van der Waals surface area contributed by atoms with Gasteiger partial charge in [0.2, 0.25) is 5.91 Å². The van der Waals surface area contributed by atoms with E-state index in [0.29, 0.717) is 11.3 Å². The quantitative estimate of drug-likeness (QED) is 0.831. The van der Waals surface area contributed by atoms with Crippen LogP contribution in [0.25, 0.3) is 0 Å². The van der Waals surface area contributed by atoms with Crippen LogP contribution in [0.5, 0.6) is 0 Å². The van der Waals surface area contributed by atoms with Crippen LogP contribution >= 0.6 is 0 Å². The highest BCUT2D eigenvalue weighted by molar-refractivity contribution is 5.93. The van der Waals surface area contributed by atoms with Gasteiger partial charge in [-0.1, -0.05) is 11.8 Å². The smallest absolute Gasteiger partial charge is 0.250 e. The zero-order chi connectivity index (χ0) is 15.2. The van der Waals surface area contributed by atoms with Crippen LogP contribution in [0.15, 0.2) is 18.2 Å². The van der Waals surface area contributed by atoms with Crippen molar-refractivity contribution < 1.29 is 19.0 Å². The summed E-state index contributed by atoms with van der Waals surface area (Å²) >= 11 is 0. The molecule has 0 aliphatic heterocycles. The van der Waals surface area contributed by atoms with Crippen molar-refractivity contribution in [3.05, 3.63) is 29.6 Å². The van der Waals surface area contributed by atoms with Gasteiger partial charge in [-0.3, -0.25) is 4.79 Å². The standard InChI is InChI=1S/C15H18FNO3/c1-15(2,3)20-10-14(19)17-13-7-6-12(16)9-11(13)5-4-8-18/h6-7,9,18H,8,10H2,1-3H3,(H,17,19). The monoisotopic (exact) mass is 279 g/mol. The van der Waals surface area contributed by atoms with E-state index < -0.39 is 11.4 Å². The van der Waals surface area contributed by atoms with Crippen molar-refractivity contribution in [2.75, 3.05) is 18.5 Å². The molecule has 0 atom stereocenters. The molecule has 0 unspecified atom stereocenters. The second kappa shape index (κ2) is 7.04. The summed E-state index contributed by atoms with van der Waals surface area (Å²) in [6, 6.07) is 3.85. The van der Waals surface area contributed by atoms with Crippen LogP contribution in [-0.2, 0) is 9.53 Å². The molecule has 1 amide bonds. The Morgan fingerprint density at radius 2 is 2.15 bits per heavy atom. The number of hydrogen-bond donors (Lipinski definition) is 2. The number of hydrogen-bond acceptors (Lipinski definition) is 3. The minimum absolute atomic E-state index is 0.103. The van der Waals surface area contributed by atoms with E-state index in [1.807, 2.05) is 20.8 Å². The molecular weight excluding hydrogens is 261 g/mol. The first kappa shape index (κ1) is 16.2. The van der Waals surface area contributed by atoms with Gasteiger partial charge in [0.25, 0.3) is 0 Å². The van der Waals surface area contributed by atoms with Gasteiger partial charge in [-0.25, -0.2) is 4.39 Å². The van der Waals surface area contributed by atoms with Crippen molar-refractivity contribution in [3.8, 4) is 11.8 Å². The van der Waals surface area contributed by atoms with E-state index in [2.05, 4.69) is 17.2 Å². The molecule has 0 fully saturated rings. The van der Waals surface area contributed by atoms with E-state index >= 15 is 0 Å². The van der Waals surface area contributed by atoms with E-state index in [9.17, 15) is 9.18 Å². The van der Waals surface area contributed by atoms with E-state index in [1.165, 1.54) is 18.2 Å². The highest BCUT2D eigenvalue weighted by atomic mass is 19.1. The zero-order valence-electron chi connectivity index (χ0n) is 11.8. The van der Waals surface area contributed by atoms with E-state index in [-0.39, 0.29) is 19.1 Å². The summed E-state index contributed by atoms with van der Waals surface area (Å²) < 4.78 is 18.5. The third-order valence-electron chi connectivity index (χ3n) is 2.19. The first-order valence-electron chi connectivity index (χ1n) is 6.15. The number of rotatable bonds is 3. The number of carbonyl (C=O) groups excluding carboxylic acids is 1. The molecule has 20 heavy (non-hydrogen) atoms. The van der Waals surface area contributed by atoms with Gasteiger partial charge in [0.05, 0.1) is 16.9 Å². The number of carbonyl (C=O) groups is 1. The highest BCUT2D eigenvalue weighted by Crippen LogP contribution is 2.16. The summed E-state index contributed by atoms with van der Waals surface area (Å²) in [7, 11) is 0. The Kier molecular flexibility index (Phi) is 5.68. The molecule has 1 aromatic rings. The molecule has 0 bridgehead atoms. The number of ether oxygens (including phenoxy) is 1. The number of benzene rings is 1. The van der Waals surface area contributed by atoms with Crippen LogP contribution in [0.2, 0.25) is 0 Å². The third-order valence-corrected chi connectivity index (χ3v) is 2.19. The lowest BCUT2D eigenvalue weighted by Gasteiger charge is -2.19. The van der Waals surface area contributed by atoms with Crippen molar-refractivity contribution in [2.45, 2.75) is 26.4 Å². The topological polar surface area (TPSA) is 58.6 Å². The molecule has 2 N–H and O–H groups in total. The normalized spacial score (nSPS) is 10.7. The number of aliphatic hydroxyl groups is 1. The summed E-state index contributed by atoms with van der Waals surface area (Å²) in [6.45, 7) is 5.09. The average Bonchev–Trinajstić information content (AvgIpc) is 2.36. The van der Waals surface area contributed by atoms with Crippen molar-refractivity contribution in [2.24, 2.45) is 0 Å². The predicted octanol–water partition coefficient (Wildman–Crippen LogP) is 1.92. The summed E-state index contributed by atoms with van der Waals surface area (Å²) in [4.78, 5) is 11.7. The van der Waals surface area contributed by atoms with Gasteiger partial charge >= 0.3 is 0 Å². The molecule has 108 valence electrons. The molecule has 0 saturated heterocycles. The first-order chi connectivity index (χ1) is 9.31. The lowest BCUT2D eigenvalue weighted by atomic mass is 10.1. The fraction of sp³-hybridized carbons (Fsp3) is 0.400. The second-order valence-corrected chi connectivity index (χ2v) is 5.10. The fourth-order valence-electron chi connectivity index (χ4n) is 1.33. The van der Waals surface area contributed by atoms with E-state index in [0.717, 1.165) is 0 Å². The van der Waals surface area contributed by atoms with Crippen LogP contribution in [0, 0.1) is 17.7 Å². The summed E-state index contributed by atoms with van der Waals surface area (Å²) in [5.41, 5.74) is 0.276. The Morgan fingerprint density at radius 1 is 1.45 bits per heavy atom. The SMILES string of the molecule is CC(C)(C)OCC(=O)Nc1ccc(F)cc1C#CCO. The Balaban J connectivity index is 2.79. The van der Waals surface area contributed by atoms with Crippen LogP contribution in [0.3, 0.4) is 0 Å². The number of amides is 1. The van der Waals surface area contributed by atoms with Crippen LogP contribution in [-0.4, -0.2) is 29.8 Å². The van der Waals surface area contributed by atoms with Crippen LogP contribution in [0.1, 0.15) is 26.3 Å². The van der Waals surface area contributed by atoms with Crippen molar-refractivity contribution >= 4 is 11.6 Å². The maximum atomic E-state index is 13.1. The highest BCUT2D eigenvalue weighted by Gasteiger charge is 2.13. The second-order valence-electron chi connectivity index (χ2n) is 5.10. The molecule has 5 heteroatoms. The molecule has 4 nitrogen and oxygen atoms in total. The largest absolute Gasteiger partial charge is 0.384 e. The Bertz CT molecular complexity index is 538. The maximum absolute atomic E-state index is 13.1. The van der Waals surface area contributed by atoms with E-state index in [4.69, 9.17) is 9.84 Å². The molecule has 0 spiro atoms. The summed E-state index contributed by atoms with van der Waals surface area (Å²) in [6.07, 6.45) is 0. The molecule has 1 rings (SSSR count). The van der Waals surface area contributed by atoms with Gasteiger partial charge in [-0.2, -0.15) is 0 Å². The van der Waals surface area contributed by atoms with Crippen LogP contribution < -0.4 is 5.32 Å². The molecule has 1 aromatic carbocycles. The van der Waals surface area contributed by atoms with E-state index in [1.54, 1.807) is 0 Å². The first-order valence-corrected chi connectivity index (χ1v) is 6.15. The molecular formula is C15H18FNO3. The van der Waals surface area contributed by atoms with Gasteiger partial charge < -0.3 is 15.2 Å². The summed E-state index contributed by atoms with van der Waals surface area (Å²) in [5.74, 6) is 4.19. The van der Waals surface area contributed by atoms with Crippen molar-refractivity contribution in [1.82, 2.24) is 0 Å². The number of anilines is 1. The number of aliphatic hydroxyl groups excluding tert-OH is 1. The summed E-state index contributed by atoms with van der Waals surface area (Å²) in [5, 5.41) is 11.3. The fourth-order valence-corrected chi connectivity index (χ4v) is 1.33. The Morgan fingerprint density at radius 3 is 2.75 bits per heavy atom. The third kappa shape index (κ3) is 5.83. The number of halogens is 1. The van der Waals surface area contributed by atoms with Gasteiger partial charge in [-0.05, 0) is 39.0 Å². The van der Waals surface area contributed by atoms with Crippen molar-refractivity contribution in [3.63, 3.8) is 0 Å². The van der Waals surface area contributed by atoms with Gasteiger partial charge in [0.15, 0.2) is 0 Å². The predicted molar refractivity (Wildman–Crippen MR) is 74.7 cm³/mol. The Hall–Kier alpha value is -1.90. The van der Waals surface area contributed by atoms with Gasteiger partial charge in [-0.15, -0.1) is 0 Å². The van der Waals surface area contributed by atoms with Gasteiger partial charge in [0.1, 0.15) is 19.0 Å². The molecule has 0 aromatic heterocycles. The zero-order valence-corrected chi connectivity index (χ0v) is 11.8. The Labute approximate surface area is 117 Å². The van der Waals surface area contributed by atoms with Crippen LogP contribution in [0.4, 0.5) is 10.1 Å². The molecule has 0 radical (unpaired) electrons. The molecule has 0 heterocycles. The number of nitrogens with one attached hydrogen (secondary N) is 1. The molecule has 0 aliphatic carbocycles. The lowest BCUT2D eigenvalue weighted by molar-refractivity contribution is -0.125. The average molecular weight is 279 g/mol. The molecule has 0 saturated carbocycles. The molecule has 0 aliphatic rings. The minimum Gasteiger partial charge on any atom is -0.384 e. The van der Waals surface area contributed by atoms with Gasteiger partial charge in [0, 0.05) is 0 Å². The maximum Gasteiger partial charge on any atom is 0.250 e.